The van der Waals surface area contributed by atoms with E-state index < -0.39 is 23.5 Å². The number of nitrogens with one attached hydrogen (secondary N) is 1. The van der Waals surface area contributed by atoms with Gasteiger partial charge in [-0.05, 0) is 36.8 Å². The maximum Gasteiger partial charge on any atom is 0.419 e. The lowest BCUT2D eigenvalue weighted by Gasteiger charge is -2.21. The third-order valence-electron chi connectivity index (χ3n) is 3.30. The molecular weight excluding hydrogens is 306 g/mol. The lowest BCUT2D eigenvalue weighted by molar-refractivity contribution is -0.140. The van der Waals surface area contributed by atoms with Crippen molar-refractivity contribution < 1.29 is 22.4 Å². The fourth-order valence-corrected chi connectivity index (χ4v) is 3.40. The molecule has 1 atom stereocenters. The standard InChI is InChI=1S/C14H15F4NOS/c15-12-5-4-9(7-11(12)14(16,17)18)13(20)19-8-10-3-1-2-6-21-10/h4-5,7,10H,1-3,6,8H2,(H,19,20). The molecule has 1 unspecified atom stereocenters. The molecule has 0 aliphatic carbocycles. The summed E-state index contributed by atoms with van der Waals surface area (Å²) in [6.45, 7) is 0.419. The van der Waals surface area contributed by atoms with Gasteiger partial charge in [-0.25, -0.2) is 4.39 Å². The van der Waals surface area contributed by atoms with Gasteiger partial charge < -0.3 is 5.32 Å². The molecule has 0 radical (unpaired) electrons. The van der Waals surface area contributed by atoms with Gasteiger partial charge in [-0.15, -0.1) is 0 Å². The molecule has 2 rings (SSSR count). The van der Waals surface area contributed by atoms with Crippen LogP contribution in [0.25, 0.3) is 0 Å². The van der Waals surface area contributed by atoms with E-state index in [0.717, 1.165) is 31.1 Å². The highest BCUT2D eigenvalue weighted by atomic mass is 32.2. The summed E-state index contributed by atoms with van der Waals surface area (Å²) in [6, 6.07) is 2.29. The zero-order chi connectivity index (χ0) is 15.5. The van der Waals surface area contributed by atoms with Crippen LogP contribution in [0.2, 0.25) is 0 Å². The summed E-state index contributed by atoms with van der Waals surface area (Å²) >= 11 is 1.76. The van der Waals surface area contributed by atoms with E-state index in [0.29, 0.717) is 23.9 Å². The first-order valence-electron chi connectivity index (χ1n) is 6.64. The molecule has 1 aliphatic rings. The highest BCUT2D eigenvalue weighted by molar-refractivity contribution is 7.99. The molecule has 0 aromatic heterocycles. The minimum absolute atomic E-state index is 0.176. The van der Waals surface area contributed by atoms with Crippen molar-refractivity contribution >= 4 is 17.7 Å². The number of alkyl halides is 3. The van der Waals surface area contributed by atoms with E-state index in [9.17, 15) is 22.4 Å². The zero-order valence-electron chi connectivity index (χ0n) is 11.2. The first-order chi connectivity index (χ1) is 9.88. The van der Waals surface area contributed by atoms with Gasteiger partial charge in [-0.3, -0.25) is 4.79 Å². The van der Waals surface area contributed by atoms with Crippen molar-refractivity contribution in [1.29, 1.82) is 0 Å². The molecule has 0 saturated carbocycles. The van der Waals surface area contributed by atoms with E-state index in [-0.39, 0.29) is 5.56 Å². The summed E-state index contributed by atoms with van der Waals surface area (Å²) in [5.74, 6) is -0.941. The van der Waals surface area contributed by atoms with Crippen molar-refractivity contribution in [1.82, 2.24) is 5.32 Å². The Morgan fingerprint density at radius 3 is 2.71 bits per heavy atom. The largest absolute Gasteiger partial charge is 0.419 e. The normalized spacial score (nSPS) is 19.3. The summed E-state index contributed by atoms with van der Waals surface area (Å²) in [7, 11) is 0. The molecule has 1 N–H and O–H groups in total. The highest BCUT2D eigenvalue weighted by Gasteiger charge is 2.34. The third-order valence-corrected chi connectivity index (χ3v) is 4.70. The molecule has 2 nitrogen and oxygen atoms in total. The second-order valence-corrected chi connectivity index (χ2v) is 6.30. The molecule has 1 saturated heterocycles. The lowest BCUT2D eigenvalue weighted by atomic mass is 10.1. The number of thioether (sulfide) groups is 1. The molecule has 7 heteroatoms. The number of benzene rings is 1. The number of carbonyl (C=O) groups is 1. The van der Waals surface area contributed by atoms with E-state index in [4.69, 9.17) is 0 Å². The van der Waals surface area contributed by atoms with Crippen LogP contribution in [-0.2, 0) is 6.18 Å². The van der Waals surface area contributed by atoms with Gasteiger partial charge in [0.15, 0.2) is 0 Å². The Balaban J connectivity index is 2.02. The van der Waals surface area contributed by atoms with Crippen molar-refractivity contribution in [3.8, 4) is 0 Å². The van der Waals surface area contributed by atoms with Crippen LogP contribution < -0.4 is 5.32 Å². The number of halogens is 4. The summed E-state index contributed by atoms with van der Waals surface area (Å²) in [4.78, 5) is 11.9. The van der Waals surface area contributed by atoms with Crippen molar-refractivity contribution in [2.75, 3.05) is 12.3 Å². The summed E-state index contributed by atoms with van der Waals surface area (Å²) in [6.07, 6.45) is -1.56. The predicted molar refractivity (Wildman–Crippen MR) is 73.8 cm³/mol. The fourth-order valence-electron chi connectivity index (χ4n) is 2.16. The number of rotatable bonds is 3. The molecular formula is C14H15F4NOS. The zero-order valence-corrected chi connectivity index (χ0v) is 12.0. The summed E-state index contributed by atoms with van der Waals surface area (Å²) in [5.41, 5.74) is -1.59. The molecule has 0 bridgehead atoms. The predicted octanol–water partition coefficient (Wildman–Crippen LogP) is 3.86. The monoisotopic (exact) mass is 321 g/mol. The molecule has 1 aromatic rings. The van der Waals surface area contributed by atoms with Gasteiger partial charge in [-0.1, -0.05) is 6.42 Å². The Morgan fingerprint density at radius 2 is 2.10 bits per heavy atom. The molecule has 0 spiro atoms. The summed E-state index contributed by atoms with van der Waals surface area (Å²) < 4.78 is 50.9. The van der Waals surface area contributed by atoms with Gasteiger partial charge in [0.25, 0.3) is 5.91 Å². The van der Waals surface area contributed by atoms with Crippen LogP contribution in [0.1, 0.15) is 35.2 Å². The fraction of sp³-hybridized carbons (Fsp3) is 0.500. The summed E-state index contributed by atoms with van der Waals surface area (Å²) in [5, 5.41) is 2.91. The molecule has 1 amide bonds. The Labute approximate surface area is 124 Å². The maximum absolute atomic E-state index is 13.2. The van der Waals surface area contributed by atoms with Crippen LogP contribution in [0.4, 0.5) is 17.6 Å². The second-order valence-electron chi connectivity index (χ2n) is 4.89. The van der Waals surface area contributed by atoms with Crippen molar-refractivity contribution in [3.63, 3.8) is 0 Å². The molecule has 1 aliphatic heterocycles. The van der Waals surface area contributed by atoms with E-state index in [1.807, 2.05) is 0 Å². The number of hydrogen-bond donors (Lipinski definition) is 1. The van der Waals surface area contributed by atoms with E-state index in [2.05, 4.69) is 5.32 Å². The van der Waals surface area contributed by atoms with Gasteiger partial charge in [0.1, 0.15) is 5.82 Å². The lowest BCUT2D eigenvalue weighted by Crippen LogP contribution is -2.32. The number of amides is 1. The van der Waals surface area contributed by atoms with Gasteiger partial charge in [0.2, 0.25) is 0 Å². The van der Waals surface area contributed by atoms with E-state index in [1.165, 1.54) is 0 Å². The van der Waals surface area contributed by atoms with Crippen LogP contribution in [0.15, 0.2) is 18.2 Å². The maximum atomic E-state index is 13.2. The Morgan fingerprint density at radius 1 is 1.33 bits per heavy atom. The molecule has 1 heterocycles. The van der Waals surface area contributed by atoms with Crippen molar-refractivity contribution in [2.45, 2.75) is 30.7 Å². The van der Waals surface area contributed by atoms with E-state index in [1.54, 1.807) is 11.8 Å². The molecule has 21 heavy (non-hydrogen) atoms. The number of carbonyl (C=O) groups excluding carboxylic acids is 1. The average molecular weight is 321 g/mol. The minimum Gasteiger partial charge on any atom is -0.351 e. The van der Waals surface area contributed by atoms with Gasteiger partial charge in [0, 0.05) is 17.4 Å². The Hall–Kier alpha value is -1.24. The SMILES string of the molecule is O=C(NCC1CCCCS1)c1ccc(F)c(C(F)(F)F)c1. The minimum atomic E-state index is -4.81. The first kappa shape index (κ1) is 16.1. The number of hydrogen-bond acceptors (Lipinski definition) is 2. The smallest absolute Gasteiger partial charge is 0.351 e. The van der Waals surface area contributed by atoms with Crippen LogP contribution in [0.3, 0.4) is 0 Å². The van der Waals surface area contributed by atoms with E-state index >= 15 is 0 Å². The first-order valence-corrected chi connectivity index (χ1v) is 7.69. The third kappa shape index (κ3) is 4.36. The van der Waals surface area contributed by atoms with Crippen LogP contribution >= 0.6 is 11.8 Å². The molecule has 1 fully saturated rings. The van der Waals surface area contributed by atoms with Gasteiger partial charge >= 0.3 is 6.18 Å². The van der Waals surface area contributed by atoms with Crippen molar-refractivity contribution in [2.24, 2.45) is 0 Å². The average Bonchev–Trinajstić information content (AvgIpc) is 2.45. The molecule has 116 valence electrons. The quantitative estimate of drug-likeness (QED) is 0.857. The topological polar surface area (TPSA) is 29.1 Å². The van der Waals surface area contributed by atoms with Gasteiger partial charge in [0.05, 0.1) is 5.56 Å². The molecule has 1 aromatic carbocycles. The Kier molecular flexibility index (Phi) is 5.13. The highest BCUT2D eigenvalue weighted by Crippen LogP contribution is 2.32. The van der Waals surface area contributed by atoms with Crippen LogP contribution in [0, 0.1) is 5.82 Å². The van der Waals surface area contributed by atoms with Gasteiger partial charge in [-0.2, -0.15) is 24.9 Å². The van der Waals surface area contributed by atoms with Crippen molar-refractivity contribution in [3.05, 3.63) is 35.1 Å². The second kappa shape index (κ2) is 6.68. The van der Waals surface area contributed by atoms with Crippen LogP contribution in [-0.4, -0.2) is 23.5 Å². The Bertz CT molecular complexity index is 512. The van der Waals surface area contributed by atoms with Crippen LogP contribution in [0.5, 0.6) is 0 Å².